The van der Waals surface area contributed by atoms with Gasteiger partial charge in [-0.3, -0.25) is 10.1 Å². The highest BCUT2D eigenvalue weighted by Gasteiger charge is 2.21. The highest BCUT2D eigenvalue weighted by Crippen LogP contribution is 2.23. The van der Waals surface area contributed by atoms with Crippen LogP contribution in [0.5, 0.6) is 0 Å². The SMILES string of the molecule is Cl.Cn1nc(C2CCNCC2)nc1NC(=O)CCc1ccc(Cl)cc1. The van der Waals surface area contributed by atoms with E-state index < -0.39 is 0 Å². The molecule has 8 heteroatoms. The monoisotopic (exact) mass is 383 g/mol. The van der Waals surface area contributed by atoms with Gasteiger partial charge in [-0.25, -0.2) is 4.68 Å². The second-order valence-electron chi connectivity index (χ2n) is 6.12. The van der Waals surface area contributed by atoms with Crippen LogP contribution in [-0.2, 0) is 18.3 Å². The second-order valence-corrected chi connectivity index (χ2v) is 6.55. The third-order valence-corrected chi connectivity index (χ3v) is 4.54. The first-order chi connectivity index (χ1) is 11.6. The van der Waals surface area contributed by atoms with Crippen LogP contribution >= 0.6 is 24.0 Å². The zero-order valence-corrected chi connectivity index (χ0v) is 15.7. The van der Waals surface area contributed by atoms with E-state index in [9.17, 15) is 4.79 Å². The fourth-order valence-electron chi connectivity index (χ4n) is 2.86. The number of hydrogen-bond acceptors (Lipinski definition) is 4. The van der Waals surface area contributed by atoms with Crippen molar-refractivity contribution < 1.29 is 4.79 Å². The van der Waals surface area contributed by atoms with Crippen molar-refractivity contribution in [2.45, 2.75) is 31.6 Å². The molecule has 3 rings (SSSR count). The Labute approximate surface area is 158 Å². The third kappa shape index (κ3) is 5.42. The first kappa shape index (κ1) is 19.7. The molecule has 2 aromatic rings. The van der Waals surface area contributed by atoms with E-state index in [1.165, 1.54) is 0 Å². The van der Waals surface area contributed by atoms with Crippen molar-refractivity contribution in [3.63, 3.8) is 0 Å². The minimum Gasteiger partial charge on any atom is -0.317 e. The van der Waals surface area contributed by atoms with Gasteiger partial charge in [0.2, 0.25) is 11.9 Å². The first-order valence-corrected chi connectivity index (χ1v) is 8.65. The molecule has 1 aromatic heterocycles. The molecule has 6 nitrogen and oxygen atoms in total. The lowest BCUT2D eigenvalue weighted by molar-refractivity contribution is -0.116. The summed E-state index contributed by atoms with van der Waals surface area (Å²) in [6.45, 7) is 1.98. The number of amides is 1. The summed E-state index contributed by atoms with van der Waals surface area (Å²) in [5.74, 6) is 1.66. The van der Waals surface area contributed by atoms with Gasteiger partial charge in [-0.05, 0) is 50.0 Å². The molecule has 1 amide bonds. The van der Waals surface area contributed by atoms with Gasteiger partial charge in [-0.15, -0.1) is 12.4 Å². The number of nitrogens with one attached hydrogen (secondary N) is 2. The molecule has 0 aliphatic carbocycles. The molecule has 2 heterocycles. The molecule has 0 spiro atoms. The summed E-state index contributed by atoms with van der Waals surface area (Å²) in [4.78, 5) is 16.7. The Morgan fingerprint density at radius 3 is 2.68 bits per heavy atom. The Balaban J connectivity index is 0.00000225. The lowest BCUT2D eigenvalue weighted by Gasteiger charge is -2.19. The van der Waals surface area contributed by atoms with Crippen LogP contribution in [0.2, 0.25) is 5.02 Å². The Bertz CT molecular complexity index is 696. The number of aromatic nitrogens is 3. The highest BCUT2D eigenvalue weighted by molar-refractivity contribution is 6.30. The minimum atomic E-state index is -0.0580. The van der Waals surface area contributed by atoms with Crippen LogP contribution in [0.1, 0.15) is 36.6 Å². The average Bonchev–Trinajstić information content (AvgIpc) is 2.96. The molecule has 0 bridgehead atoms. The van der Waals surface area contributed by atoms with E-state index in [2.05, 4.69) is 20.7 Å². The number of anilines is 1. The Morgan fingerprint density at radius 1 is 1.32 bits per heavy atom. The number of carbonyl (C=O) groups is 1. The van der Waals surface area contributed by atoms with Crippen molar-refractivity contribution in [1.82, 2.24) is 20.1 Å². The van der Waals surface area contributed by atoms with Gasteiger partial charge < -0.3 is 5.32 Å². The van der Waals surface area contributed by atoms with Crippen LogP contribution in [0.3, 0.4) is 0 Å². The van der Waals surface area contributed by atoms with Crippen LogP contribution in [0.15, 0.2) is 24.3 Å². The summed E-state index contributed by atoms with van der Waals surface area (Å²) in [7, 11) is 1.81. The van der Waals surface area contributed by atoms with E-state index in [4.69, 9.17) is 11.6 Å². The van der Waals surface area contributed by atoms with Gasteiger partial charge in [0, 0.05) is 24.4 Å². The summed E-state index contributed by atoms with van der Waals surface area (Å²) in [6, 6.07) is 7.55. The molecular formula is C17H23Cl2N5O. The van der Waals surface area contributed by atoms with Crippen molar-refractivity contribution in [1.29, 1.82) is 0 Å². The number of rotatable bonds is 5. The molecule has 1 aliphatic heterocycles. The van der Waals surface area contributed by atoms with Crippen LogP contribution in [0, 0.1) is 0 Å². The van der Waals surface area contributed by atoms with Gasteiger partial charge in [-0.2, -0.15) is 10.1 Å². The maximum atomic E-state index is 12.2. The summed E-state index contributed by atoms with van der Waals surface area (Å²) in [6.07, 6.45) is 3.14. The van der Waals surface area contributed by atoms with Gasteiger partial charge in [0.1, 0.15) is 0 Å². The van der Waals surface area contributed by atoms with Gasteiger partial charge in [0.25, 0.3) is 0 Å². The van der Waals surface area contributed by atoms with Crippen LogP contribution in [0.4, 0.5) is 5.95 Å². The van der Waals surface area contributed by atoms with E-state index in [-0.39, 0.29) is 18.3 Å². The Morgan fingerprint density at radius 2 is 2.00 bits per heavy atom. The summed E-state index contributed by atoms with van der Waals surface area (Å²) in [5.41, 5.74) is 1.09. The summed E-state index contributed by atoms with van der Waals surface area (Å²) >= 11 is 5.86. The lowest BCUT2D eigenvalue weighted by atomic mass is 9.98. The summed E-state index contributed by atoms with van der Waals surface area (Å²) in [5, 5.41) is 11.4. The number of benzene rings is 1. The number of hydrogen-bond donors (Lipinski definition) is 2. The molecule has 25 heavy (non-hydrogen) atoms. The first-order valence-electron chi connectivity index (χ1n) is 8.28. The second kappa shape index (κ2) is 9.17. The zero-order valence-electron chi connectivity index (χ0n) is 14.2. The van der Waals surface area contributed by atoms with E-state index >= 15 is 0 Å². The van der Waals surface area contributed by atoms with Crippen LogP contribution in [0.25, 0.3) is 0 Å². The fraction of sp³-hybridized carbons (Fsp3) is 0.471. The van der Waals surface area contributed by atoms with Crippen LogP contribution in [-0.4, -0.2) is 33.8 Å². The van der Waals surface area contributed by atoms with E-state index in [1.807, 2.05) is 31.3 Å². The lowest BCUT2D eigenvalue weighted by Crippen LogP contribution is -2.27. The number of nitrogens with zero attached hydrogens (tertiary/aromatic N) is 3. The van der Waals surface area contributed by atoms with Gasteiger partial charge in [0.15, 0.2) is 5.82 Å². The number of piperidine rings is 1. The molecule has 0 saturated carbocycles. The van der Waals surface area contributed by atoms with Gasteiger partial charge in [0.05, 0.1) is 0 Å². The van der Waals surface area contributed by atoms with Crippen molar-refractivity contribution in [2.75, 3.05) is 18.4 Å². The smallest absolute Gasteiger partial charge is 0.227 e. The molecule has 136 valence electrons. The molecule has 0 radical (unpaired) electrons. The fourth-order valence-corrected chi connectivity index (χ4v) is 2.99. The molecule has 2 N–H and O–H groups in total. The van der Waals surface area contributed by atoms with E-state index in [1.54, 1.807) is 4.68 Å². The number of halogens is 2. The molecule has 1 aromatic carbocycles. The Hall–Kier alpha value is -1.63. The van der Waals surface area contributed by atoms with Crippen molar-refractivity contribution in [2.24, 2.45) is 7.05 Å². The molecule has 1 saturated heterocycles. The van der Waals surface area contributed by atoms with Gasteiger partial charge >= 0.3 is 0 Å². The largest absolute Gasteiger partial charge is 0.317 e. The van der Waals surface area contributed by atoms with Crippen molar-refractivity contribution in [3.05, 3.63) is 40.7 Å². The molecule has 1 fully saturated rings. The zero-order chi connectivity index (χ0) is 16.9. The predicted molar refractivity (Wildman–Crippen MR) is 101 cm³/mol. The quantitative estimate of drug-likeness (QED) is 0.832. The standard InChI is InChI=1S/C17H22ClN5O.ClH/c1-23-17(21-16(22-23)13-8-10-19-11-9-13)20-15(24)7-4-12-2-5-14(18)6-3-12;/h2-3,5-6,13,19H,4,7-11H2,1H3,(H,20,21,22,24);1H. The minimum absolute atomic E-state index is 0. The predicted octanol–water partition coefficient (Wildman–Crippen LogP) is 2.93. The maximum Gasteiger partial charge on any atom is 0.227 e. The normalized spacial score (nSPS) is 14.8. The number of carbonyl (C=O) groups excluding carboxylic acids is 1. The average molecular weight is 384 g/mol. The van der Waals surface area contributed by atoms with Crippen molar-refractivity contribution in [3.8, 4) is 0 Å². The van der Waals surface area contributed by atoms with Crippen LogP contribution < -0.4 is 10.6 Å². The van der Waals surface area contributed by atoms with Crippen molar-refractivity contribution >= 4 is 35.9 Å². The molecule has 1 aliphatic rings. The molecular weight excluding hydrogens is 361 g/mol. The maximum absolute atomic E-state index is 12.2. The Kier molecular flexibility index (Phi) is 7.23. The highest BCUT2D eigenvalue weighted by atomic mass is 35.5. The van der Waals surface area contributed by atoms with E-state index in [0.29, 0.717) is 29.7 Å². The molecule has 0 unspecified atom stereocenters. The van der Waals surface area contributed by atoms with Gasteiger partial charge in [-0.1, -0.05) is 23.7 Å². The topological polar surface area (TPSA) is 71.8 Å². The molecule has 0 atom stereocenters. The number of aryl methyl sites for hydroxylation is 2. The van der Waals surface area contributed by atoms with E-state index in [0.717, 1.165) is 37.3 Å². The summed E-state index contributed by atoms with van der Waals surface area (Å²) < 4.78 is 1.65. The third-order valence-electron chi connectivity index (χ3n) is 4.29.